The van der Waals surface area contributed by atoms with Gasteiger partial charge in [-0.15, -0.1) is 0 Å². The molecular formula is C14H30N2O2. The van der Waals surface area contributed by atoms with Crippen LogP contribution in [0.15, 0.2) is 0 Å². The quantitative estimate of drug-likeness (QED) is 0.717. The highest BCUT2D eigenvalue weighted by Gasteiger charge is 2.34. The van der Waals surface area contributed by atoms with E-state index in [4.69, 9.17) is 4.74 Å². The number of nitrogens with one attached hydrogen (secondary N) is 1. The van der Waals surface area contributed by atoms with Crippen LogP contribution in [0.1, 0.15) is 33.6 Å². The van der Waals surface area contributed by atoms with Crippen molar-refractivity contribution in [1.82, 2.24) is 10.2 Å². The summed E-state index contributed by atoms with van der Waals surface area (Å²) in [6.45, 7) is 10.6. The van der Waals surface area contributed by atoms with Crippen LogP contribution in [0.5, 0.6) is 0 Å². The molecular weight excluding hydrogens is 228 g/mol. The Hall–Kier alpha value is -0.160. The summed E-state index contributed by atoms with van der Waals surface area (Å²) in [7, 11) is 2.08. The summed E-state index contributed by atoms with van der Waals surface area (Å²) in [4.78, 5) is 2.22. The van der Waals surface area contributed by atoms with E-state index < -0.39 is 0 Å². The van der Waals surface area contributed by atoms with Gasteiger partial charge < -0.3 is 20.1 Å². The molecule has 0 saturated carbocycles. The SMILES string of the molecule is CC(O)CN(C)CC1(CNC(C)C)CCCOC1. The average molecular weight is 258 g/mol. The van der Waals surface area contributed by atoms with E-state index in [0.717, 1.165) is 39.3 Å². The van der Waals surface area contributed by atoms with Gasteiger partial charge in [0.2, 0.25) is 0 Å². The van der Waals surface area contributed by atoms with E-state index in [9.17, 15) is 5.11 Å². The summed E-state index contributed by atoms with van der Waals surface area (Å²) in [6.07, 6.45) is 2.08. The van der Waals surface area contributed by atoms with E-state index in [1.165, 1.54) is 6.42 Å². The summed E-state index contributed by atoms with van der Waals surface area (Å²) in [5, 5.41) is 13.0. The lowest BCUT2D eigenvalue weighted by Crippen LogP contribution is -2.50. The summed E-state index contributed by atoms with van der Waals surface area (Å²) in [5.74, 6) is 0. The summed E-state index contributed by atoms with van der Waals surface area (Å²) in [6, 6.07) is 0.505. The Kier molecular flexibility index (Phi) is 6.57. The molecule has 1 aliphatic heterocycles. The minimum absolute atomic E-state index is 0.201. The van der Waals surface area contributed by atoms with Crippen molar-refractivity contribution < 1.29 is 9.84 Å². The summed E-state index contributed by atoms with van der Waals surface area (Å²) in [5.41, 5.74) is 0.201. The zero-order valence-corrected chi connectivity index (χ0v) is 12.4. The molecule has 4 heteroatoms. The lowest BCUT2D eigenvalue weighted by Gasteiger charge is -2.40. The molecule has 1 aliphatic rings. The van der Waals surface area contributed by atoms with E-state index in [1.807, 2.05) is 6.92 Å². The average Bonchev–Trinajstić information content (AvgIpc) is 2.26. The molecule has 0 aliphatic carbocycles. The van der Waals surface area contributed by atoms with E-state index >= 15 is 0 Å². The minimum Gasteiger partial charge on any atom is -0.392 e. The van der Waals surface area contributed by atoms with Crippen molar-refractivity contribution in [2.24, 2.45) is 5.41 Å². The van der Waals surface area contributed by atoms with Gasteiger partial charge in [0, 0.05) is 37.7 Å². The van der Waals surface area contributed by atoms with E-state index in [0.29, 0.717) is 6.04 Å². The van der Waals surface area contributed by atoms with Gasteiger partial charge in [0.25, 0.3) is 0 Å². The predicted octanol–water partition coefficient (Wildman–Crippen LogP) is 1.09. The second-order valence-electron chi connectivity index (χ2n) is 6.24. The molecule has 4 nitrogen and oxygen atoms in total. The topological polar surface area (TPSA) is 44.7 Å². The number of aliphatic hydroxyl groups excluding tert-OH is 1. The molecule has 2 N–H and O–H groups in total. The smallest absolute Gasteiger partial charge is 0.0638 e. The standard InChI is InChI=1S/C14H30N2O2/c1-12(2)15-9-14(6-5-7-18-11-14)10-16(4)8-13(3)17/h12-13,15,17H,5-11H2,1-4H3. The predicted molar refractivity (Wildman–Crippen MR) is 74.8 cm³/mol. The fourth-order valence-electron chi connectivity index (χ4n) is 2.74. The zero-order valence-electron chi connectivity index (χ0n) is 12.4. The van der Waals surface area contributed by atoms with Crippen LogP contribution in [-0.2, 0) is 4.74 Å². The van der Waals surface area contributed by atoms with Crippen molar-refractivity contribution >= 4 is 0 Å². The van der Waals surface area contributed by atoms with Crippen LogP contribution in [0.25, 0.3) is 0 Å². The van der Waals surface area contributed by atoms with Gasteiger partial charge in [-0.2, -0.15) is 0 Å². The normalized spacial score (nSPS) is 26.8. The van der Waals surface area contributed by atoms with E-state index in [2.05, 4.69) is 31.1 Å². The van der Waals surface area contributed by atoms with E-state index in [-0.39, 0.29) is 11.5 Å². The highest BCUT2D eigenvalue weighted by Crippen LogP contribution is 2.29. The first-order valence-electron chi connectivity index (χ1n) is 7.11. The maximum Gasteiger partial charge on any atom is 0.0638 e. The maximum absolute atomic E-state index is 9.47. The first-order chi connectivity index (χ1) is 8.43. The molecule has 2 atom stereocenters. The van der Waals surface area contributed by atoms with Crippen LogP contribution < -0.4 is 5.32 Å². The molecule has 0 radical (unpaired) electrons. The fraction of sp³-hybridized carbons (Fsp3) is 1.00. The van der Waals surface area contributed by atoms with Crippen LogP contribution in [0.4, 0.5) is 0 Å². The van der Waals surface area contributed by atoms with Crippen molar-refractivity contribution in [3.8, 4) is 0 Å². The number of hydrogen-bond acceptors (Lipinski definition) is 4. The van der Waals surface area contributed by atoms with Gasteiger partial charge in [0.15, 0.2) is 0 Å². The second-order valence-corrected chi connectivity index (χ2v) is 6.24. The number of likely N-dealkylation sites (N-methyl/N-ethyl adjacent to an activating group) is 1. The maximum atomic E-state index is 9.47. The van der Waals surface area contributed by atoms with Crippen molar-refractivity contribution in [3.63, 3.8) is 0 Å². The minimum atomic E-state index is -0.269. The molecule has 1 rings (SSSR count). The van der Waals surface area contributed by atoms with Gasteiger partial charge in [-0.25, -0.2) is 0 Å². The van der Waals surface area contributed by atoms with Crippen LogP contribution in [0.3, 0.4) is 0 Å². The van der Waals surface area contributed by atoms with Crippen LogP contribution in [0, 0.1) is 5.41 Å². The van der Waals surface area contributed by atoms with Gasteiger partial charge in [0.05, 0.1) is 12.7 Å². The van der Waals surface area contributed by atoms with Crippen molar-refractivity contribution in [2.45, 2.75) is 45.8 Å². The Morgan fingerprint density at radius 1 is 1.39 bits per heavy atom. The Balaban J connectivity index is 2.53. The fourth-order valence-corrected chi connectivity index (χ4v) is 2.74. The van der Waals surface area contributed by atoms with Crippen molar-refractivity contribution in [1.29, 1.82) is 0 Å². The first kappa shape index (κ1) is 15.9. The molecule has 0 amide bonds. The van der Waals surface area contributed by atoms with Crippen molar-refractivity contribution in [3.05, 3.63) is 0 Å². The number of ether oxygens (including phenoxy) is 1. The third-order valence-electron chi connectivity index (χ3n) is 3.47. The molecule has 0 aromatic rings. The largest absolute Gasteiger partial charge is 0.392 e. The number of hydrogen-bond donors (Lipinski definition) is 2. The highest BCUT2D eigenvalue weighted by atomic mass is 16.5. The monoisotopic (exact) mass is 258 g/mol. The number of rotatable bonds is 7. The molecule has 0 aromatic heterocycles. The van der Waals surface area contributed by atoms with Gasteiger partial charge in [-0.05, 0) is 26.8 Å². The third kappa shape index (κ3) is 5.65. The molecule has 0 bridgehead atoms. The van der Waals surface area contributed by atoms with Gasteiger partial charge >= 0.3 is 0 Å². The highest BCUT2D eigenvalue weighted by molar-refractivity contribution is 4.87. The number of nitrogens with zero attached hydrogens (tertiary/aromatic N) is 1. The van der Waals surface area contributed by atoms with Gasteiger partial charge in [0.1, 0.15) is 0 Å². The molecule has 108 valence electrons. The molecule has 18 heavy (non-hydrogen) atoms. The van der Waals surface area contributed by atoms with Crippen LogP contribution in [0.2, 0.25) is 0 Å². The first-order valence-corrected chi connectivity index (χ1v) is 7.11. The molecule has 2 unspecified atom stereocenters. The zero-order chi connectivity index (χ0) is 13.6. The van der Waals surface area contributed by atoms with Crippen molar-refractivity contribution in [2.75, 3.05) is 39.9 Å². The molecule has 1 saturated heterocycles. The Morgan fingerprint density at radius 3 is 2.61 bits per heavy atom. The Labute approximate surface area is 112 Å². The lowest BCUT2D eigenvalue weighted by molar-refractivity contribution is -0.0276. The number of aliphatic hydroxyl groups is 1. The van der Waals surface area contributed by atoms with Gasteiger partial charge in [-0.1, -0.05) is 13.8 Å². The Morgan fingerprint density at radius 2 is 2.11 bits per heavy atom. The van der Waals surface area contributed by atoms with Gasteiger partial charge in [-0.3, -0.25) is 0 Å². The second kappa shape index (κ2) is 7.43. The molecule has 0 spiro atoms. The van der Waals surface area contributed by atoms with Crippen LogP contribution >= 0.6 is 0 Å². The summed E-state index contributed by atoms with van der Waals surface area (Å²) < 4.78 is 5.69. The van der Waals surface area contributed by atoms with Crippen LogP contribution in [-0.4, -0.2) is 62.0 Å². The van der Waals surface area contributed by atoms with E-state index in [1.54, 1.807) is 0 Å². The third-order valence-corrected chi connectivity index (χ3v) is 3.47. The summed E-state index contributed by atoms with van der Waals surface area (Å²) >= 11 is 0. The lowest BCUT2D eigenvalue weighted by atomic mass is 9.81. The molecule has 0 aromatic carbocycles. The Bertz CT molecular complexity index is 226. The molecule has 1 fully saturated rings. The molecule has 1 heterocycles.